The molecule has 0 heterocycles. The molecule has 0 spiro atoms. The van der Waals surface area contributed by atoms with Crippen molar-refractivity contribution in [3.63, 3.8) is 0 Å². The average molecular weight is 268 g/mol. The number of nitrogens with one attached hydrogen (secondary N) is 1. The van der Waals surface area contributed by atoms with Crippen molar-refractivity contribution in [1.29, 1.82) is 5.41 Å². The second-order valence-electron chi connectivity index (χ2n) is 3.01. The summed E-state index contributed by atoms with van der Waals surface area (Å²) in [6.07, 6.45) is 5.54. The minimum absolute atomic E-state index is 0.0124. The van der Waals surface area contributed by atoms with Crippen molar-refractivity contribution >= 4 is 22.1 Å². The number of halogens is 1. The molecule has 3 N–H and O–H groups in total. The van der Waals surface area contributed by atoms with Gasteiger partial charge >= 0.3 is 0 Å². The topological polar surface area (TPSA) is 64.3 Å². The Hall–Kier alpha value is -1.31. The monoisotopic (exact) mass is 267 g/mol. The third-order valence-corrected chi connectivity index (χ3v) is 2.57. The predicted octanol–water partition coefficient (Wildman–Crippen LogP) is 2.21. The maximum absolute atomic E-state index is 9.64. The highest BCUT2D eigenvalue weighted by Crippen LogP contribution is 2.31. The predicted molar refractivity (Wildman–Crippen MR) is 62.1 cm³/mol. The van der Waals surface area contributed by atoms with Crippen molar-refractivity contribution in [1.82, 2.24) is 0 Å². The maximum atomic E-state index is 9.64. The van der Waals surface area contributed by atoms with Gasteiger partial charge in [-0.15, -0.1) is 12.3 Å². The number of hydrogen-bond acceptors (Lipinski definition) is 3. The van der Waals surface area contributed by atoms with Gasteiger partial charge in [0.1, 0.15) is 5.75 Å². The molecule has 1 aromatic rings. The van der Waals surface area contributed by atoms with Crippen LogP contribution in [0, 0.1) is 17.8 Å². The number of terminal acetylenes is 1. The molecule has 0 aliphatic carbocycles. The summed E-state index contributed by atoms with van der Waals surface area (Å²) in [5.74, 6) is 2.34. The number of aliphatic hydroxyl groups excluding tert-OH is 1. The fraction of sp³-hybridized carbons (Fsp3) is 0.182. The Kier molecular flexibility index (Phi) is 3.89. The summed E-state index contributed by atoms with van der Waals surface area (Å²) in [7, 11) is 0. The highest BCUT2D eigenvalue weighted by Gasteiger charge is 2.11. The molecular weight excluding hydrogens is 258 g/mol. The first kappa shape index (κ1) is 11.8. The molecule has 1 unspecified atom stereocenters. The van der Waals surface area contributed by atoms with Gasteiger partial charge in [-0.3, -0.25) is 0 Å². The van der Waals surface area contributed by atoms with E-state index in [0.29, 0.717) is 15.6 Å². The van der Waals surface area contributed by atoms with Gasteiger partial charge in [-0.25, -0.2) is 0 Å². The first-order valence-corrected chi connectivity index (χ1v) is 5.03. The van der Waals surface area contributed by atoms with Gasteiger partial charge in [-0.05, 0) is 33.6 Å². The Balaban J connectivity index is 3.17. The van der Waals surface area contributed by atoms with Gasteiger partial charge in [-0.2, -0.15) is 0 Å². The molecule has 1 rings (SSSR count). The average Bonchev–Trinajstić information content (AvgIpc) is 2.22. The van der Waals surface area contributed by atoms with Crippen LogP contribution in [0.15, 0.2) is 16.6 Å². The van der Waals surface area contributed by atoms with Gasteiger partial charge in [-0.1, -0.05) is 0 Å². The smallest absolute Gasteiger partial charge is 0.138 e. The minimum Gasteiger partial charge on any atom is -0.506 e. The van der Waals surface area contributed by atoms with Crippen LogP contribution in [0.2, 0.25) is 0 Å². The Morgan fingerprint density at radius 2 is 2.27 bits per heavy atom. The zero-order valence-electron chi connectivity index (χ0n) is 7.87. The molecule has 0 radical (unpaired) electrons. The van der Waals surface area contributed by atoms with E-state index >= 15 is 0 Å². The lowest BCUT2D eigenvalue weighted by Gasteiger charge is -2.10. The molecule has 0 saturated heterocycles. The van der Waals surface area contributed by atoms with Crippen LogP contribution in [0.25, 0.3) is 0 Å². The molecule has 0 saturated carbocycles. The van der Waals surface area contributed by atoms with Crippen LogP contribution >= 0.6 is 15.9 Å². The highest BCUT2D eigenvalue weighted by atomic mass is 79.9. The Labute approximate surface area is 96.4 Å². The lowest BCUT2D eigenvalue weighted by atomic mass is 10.0. The van der Waals surface area contributed by atoms with Crippen LogP contribution in [0.3, 0.4) is 0 Å². The van der Waals surface area contributed by atoms with Crippen LogP contribution in [-0.2, 0) is 0 Å². The van der Waals surface area contributed by atoms with Crippen molar-refractivity contribution < 1.29 is 10.2 Å². The number of rotatable bonds is 3. The zero-order valence-corrected chi connectivity index (χ0v) is 9.45. The molecule has 0 fully saturated rings. The molecule has 0 aliphatic heterocycles. The normalized spacial score (nSPS) is 11.8. The summed E-state index contributed by atoms with van der Waals surface area (Å²) in [4.78, 5) is 0. The van der Waals surface area contributed by atoms with Crippen LogP contribution in [-0.4, -0.2) is 16.4 Å². The zero-order chi connectivity index (χ0) is 11.4. The molecule has 0 amide bonds. The van der Waals surface area contributed by atoms with Gasteiger partial charge in [0.05, 0.1) is 10.6 Å². The first-order valence-electron chi connectivity index (χ1n) is 4.24. The summed E-state index contributed by atoms with van der Waals surface area (Å²) in [6.45, 7) is 0. The second-order valence-corrected chi connectivity index (χ2v) is 3.86. The van der Waals surface area contributed by atoms with Gasteiger partial charge in [0.25, 0.3) is 0 Å². The summed E-state index contributed by atoms with van der Waals surface area (Å²) < 4.78 is 0.439. The van der Waals surface area contributed by atoms with Crippen molar-refractivity contribution in [2.75, 3.05) is 0 Å². The number of aromatic hydroxyl groups is 1. The standard InChI is InChI=1S/C11H10BrNO2/c1-2-3-10(14)7-4-8(6-13)11(15)9(12)5-7/h1,4-6,10,13-15H,3H2. The summed E-state index contributed by atoms with van der Waals surface area (Å²) in [5, 5.41) is 26.2. The van der Waals surface area contributed by atoms with Gasteiger partial charge in [0.2, 0.25) is 0 Å². The number of benzene rings is 1. The molecule has 78 valence electrons. The van der Waals surface area contributed by atoms with Gasteiger partial charge < -0.3 is 15.6 Å². The molecule has 0 aliphatic rings. The van der Waals surface area contributed by atoms with E-state index in [-0.39, 0.29) is 12.2 Å². The Bertz CT molecular complexity index is 423. The van der Waals surface area contributed by atoms with E-state index in [1.165, 1.54) is 6.07 Å². The first-order chi connectivity index (χ1) is 7.10. The van der Waals surface area contributed by atoms with Gasteiger partial charge in [0, 0.05) is 18.2 Å². The molecule has 1 aromatic carbocycles. The van der Waals surface area contributed by atoms with Crippen molar-refractivity contribution in [2.24, 2.45) is 0 Å². The molecule has 3 nitrogen and oxygen atoms in total. The van der Waals surface area contributed by atoms with Crippen LogP contribution in [0.4, 0.5) is 0 Å². The van der Waals surface area contributed by atoms with E-state index in [1.807, 2.05) is 0 Å². The molecule has 15 heavy (non-hydrogen) atoms. The fourth-order valence-corrected chi connectivity index (χ4v) is 1.67. The third kappa shape index (κ3) is 2.58. The lowest BCUT2D eigenvalue weighted by Crippen LogP contribution is -1.98. The quantitative estimate of drug-likeness (QED) is 0.581. The van der Waals surface area contributed by atoms with E-state index in [0.717, 1.165) is 6.21 Å². The van der Waals surface area contributed by atoms with Crippen LogP contribution < -0.4 is 0 Å². The lowest BCUT2D eigenvalue weighted by molar-refractivity contribution is 0.184. The third-order valence-electron chi connectivity index (χ3n) is 1.97. The number of aliphatic hydroxyl groups is 1. The largest absolute Gasteiger partial charge is 0.506 e. The van der Waals surface area contributed by atoms with E-state index in [9.17, 15) is 10.2 Å². The summed E-state index contributed by atoms with van der Waals surface area (Å²) in [5.41, 5.74) is 0.923. The molecular formula is C11H10BrNO2. The molecule has 0 aromatic heterocycles. The van der Waals surface area contributed by atoms with Crippen molar-refractivity contribution in [3.05, 3.63) is 27.7 Å². The van der Waals surface area contributed by atoms with Crippen molar-refractivity contribution in [3.8, 4) is 18.1 Å². The Morgan fingerprint density at radius 3 is 2.80 bits per heavy atom. The highest BCUT2D eigenvalue weighted by molar-refractivity contribution is 9.10. The van der Waals surface area contributed by atoms with E-state index < -0.39 is 6.10 Å². The van der Waals surface area contributed by atoms with Crippen LogP contribution in [0.1, 0.15) is 23.7 Å². The number of phenols is 1. The second kappa shape index (κ2) is 4.96. The molecule has 4 heteroatoms. The van der Waals surface area contributed by atoms with Crippen LogP contribution in [0.5, 0.6) is 5.75 Å². The number of phenolic OH excluding ortho intramolecular Hbond substituents is 1. The van der Waals surface area contributed by atoms with Gasteiger partial charge in [0.15, 0.2) is 0 Å². The maximum Gasteiger partial charge on any atom is 0.138 e. The molecule has 1 atom stereocenters. The van der Waals surface area contributed by atoms with E-state index in [1.54, 1.807) is 6.07 Å². The Morgan fingerprint density at radius 1 is 1.60 bits per heavy atom. The van der Waals surface area contributed by atoms with E-state index in [2.05, 4.69) is 21.9 Å². The number of hydrogen-bond donors (Lipinski definition) is 3. The fourth-order valence-electron chi connectivity index (χ4n) is 1.17. The molecule has 0 bridgehead atoms. The SMILES string of the molecule is C#CCC(O)c1cc(Br)c(O)c(C=N)c1. The van der Waals surface area contributed by atoms with E-state index in [4.69, 9.17) is 11.8 Å². The van der Waals surface area contributed by atoms with Crippen molar-refractivity contribution in [2.45, 2.75) is 12.5 Å². The summed E-state index contributed by atoms with van der Waals surface area (Å²) in [6, 6.07) is 3.12. The summed E-state index contributed by atoms with van der Waals surface area (Å²) >= 11 is 3.14. The minimum atomic E-state index is -0.773.